The van der Waals surface area contributed by atoms with Crippen molar-refractivity contribution in [3.8, 4) is 0 Å². The van der Waals surface area contributed by atoms with Gasteiger partial charge in [-0.15, -0.1) is 0 Å². The highest BCUT2D eigenvalue weighted by Gasteiger charge is 2.44. The smallest absolute Gasteiger partial charge is 0.220 e. The number of aliphatic hydroxyl groups is 5. The third-order valence-corrected chi connectivity index (χ3v) is 11.2. The summed E-state index contributed by atoms with van der Waals surface area (Å²) in [5.41, 5.74) is 0. The lowest BCUT2D eigenvalue weighted by atomic mass is 9.99. The first-order chi connectivity index (χ1) is 27.8. The molecule has 1 fully saturated rings. The number of carbonyl (C=O) groups is 1. The van der Waals surface area contributed by atoms with E-state index in [4.69, 9.17) is 9.47 Å². The van der Waals surface area contributed by atoms with Crippen LogP contribution in [0.25, 0.3) is 0 Å². The predicted molar refractivity (Wildman–Crippen MR) is 235 cm³/mol. The molecule has 57 heavy (non-hydrogen) atoms. The Hall–Kier alpha value is -1.59. The monoisotopic (exact) mass is 808 g/mol. The first-order valence-corrected chi connectivity index (χ1v) is 23.7. The van der Waals surface area contributed by atoms with Gasteiger partial charge in [0.05, 0.1) is 25.4 Å². The molecule has 7 atom stereocenters. The highest BCUT2D eigenvalue weighted by Crippen LogP contribution is 2.22. The van der Waals surface area contributed by atoms with Crippen molar-refractivity contribution < 1.29 is 39.8 Å². The van der Waals surface area contributed by atoms with Crippen LogP contribution in [0.5, 0.6) is 0 Å². The topological polar surface area (TPSA) is 149 Å². The van der Waals surface area contributed by atoms with E-state index < -0.39 is 49.5 Å². The van der Waals surface area contributed by atoms with Crippen molar-refractivity contribution in [1.29, 1.82) is 0 Å². The molecule has 1 heterocycles. The number of nitrogens with one attached hydrogen (secondary N) is 1. The van der Waals surface area contributed by atoms with Gasteiger partial charge in [0.25, 0.3) is 0 Å². The zero-order valence-corrected chi connectivity index (χ0v) is 36.6. The van der Waals surface area contributed by atoms with Crippen molar-refractivity contribution in [2.45, 2.75) is 249 Å². The number of rotatable bonds is 39. The van der Waals surface area contributed by atoms with E-state index in [2.05, 4.69) is 43.5 Å². The predicted octanol–water partition coefficient (Wildman–Crippen LogP) is 10.1. The van der Waals surface area contributed by atoms with E-state index >= 15 is 0 Å². The van der Waals surface area contributed by atoms with Crippen LogP contribution < -0.4 is 5.32 Å². The zero-order valence-electron chi connectivity index (χ0n) is 36.6. The number of amides is 1. The quantitative estimate of drug-likeness (QED) is 0.0266. The molecule has 9 nitrogen and oxygen atoms in total. The normalized spacial score (nSPS) is 21.3. The molecule has 1 rings (SSSR count). The lowest BCUT2D eigenvalue weighted by molar-refractivity contribution is -0.302. The van der Waals surface area contributed by atoms with Crippen LogP contribution in [0.15, 0.2) is 36.5 Å². The largest absolute Gasteiger partial charge is 0.394 e. The molecule has 0 aromatic rings. The maximum absolute atomic E-state index is 13.0. The van der Waals surface area contributed by atoms with E-state index in [1.165, 1.54) is 128 Å². The van der Waals surface area contributed by atoms with Crippen LogP contribution in [0.1, 0.15) is 206 Å². The van der Waals surface area contributed by atoms with E-state index in [0.29, 0.717) is 6.42 Å². The summed E-state index contributed by atoms with van der Waals surface area (Å²) in [6, 6.07) is -0.824. The molecule has 0 bridgehead atoms. The molecule has 0 aromatic carbocycles. The molecule has 1 aliphatic heterocycles. The molecule has 1 aliphatic rings. The van der Waals surface area contributed by atoms with Gasteiger partial charge < -0.3 is 40.3 Å². The summed E-state index contributed by atoms with van der Waals surface area (Å²) in [6.45, 7) is 3.75. The maximum Gasteiger partial charge on any atom is 0.220 e. The van der Waals surface area contributed by atoms with Gasteiger partial charge in [0.15, 0.2) is 6.29 Å². The molecule has 0 spiro atoms. The van der Waals surface area contributed by atoms with E-state index in [-0.39, 0.29) is 12.5 Å². The molecule has 7 unspecified atom stereocenters. The Morgan fingerprint density at radius 3 is 1.47 bits per heavy atom. The third-order valence-electron chi connectivity index (χ3n) is 11.2. The average molecular weight is 808 g/mol. The summed E-state index contributed by atoms with van der Waals surface area (Å²) < 4.78 is 11.2. The fourth-order valence-electron chi connectivity index (χ4n) is 7.34. The summed E-state index contributed by atoms with van der Waals surface area (Å²) in [7, 11) is 0. The molecule has 0 aromatic heterocycles. The van der Waals surface area contributed by atoms with Crippen LogP contribution in [0, 0.1) is 0 Å². The molecule has 0 saturated carbocycles. The van der Waals surface area contributed by atoms with Crippen LogP contribution in [-0.2, 0) is 14.3 Å². The van der Waals surface area contributed by atoms with Crippen LogP contribution in [0.4, 0.5) is 0 Å². The van der Waals surface area contributed by atoms with Gasteiger partial charge in [-0.1, -0.05) is 179 Å². The fraction of sp³-hybridized carbons (Fsp3) is 0.854. The lowest BCUT2D eigenvalue weighted by Gasteiger charge is -2.40. The molecule has 1 saturated heterocycles. The summed E-state index contributed by atoms with van der Waals surface area (Å²) in [4.78, 5) is 13.0. The number of aliphatic hydroxyl groups excluding tert-OH is 5. The van der Waals surface area contributed by atoms with Crippen molar-refractivity contribution in [3.63, 3.8) is 0 Å². The molecule has 6 N–H and O–H groups in total. The van der Waals surface area contributed by atoms with Crippen molar-refractivity contribution in [2.24, 2.45) is 0 Å². The van der Waals surface area contributed by atoms with Gasteiger partial charge in [-0.05, 0) is 57.8 Å². The highest BCUT2D eigenvalue weighted by molar-refractivity contribution is 5.76. The molecule has 0 radical (unpaired) electrons. The Kier molecular flexibility index (Phi) is 36.2. The molecule has 0 aliphatic carbocycles. The Morgan fingerprint density at radius 2 is 1.00 bits per heavy atom. The van der Waals surface area contributed by atoms with Crippen LogP contribution in [0.3, 0.4) is 0 Å². The van der Waals surface area contributed by atoms with E-state index in [9.17, 15) is 30.3 Å². The van der Waals surface area contributed by atoms with Gasteiger partial charge in [0, 0.05) is 6.42 Å². The molecule has 9 heteroatoms. The lowest BCUT2D eigenvalue weighted by Crippen LogP contribution is -2.60. The Morgan fingerprint density at radius 1 is 0.579 bits per heavy atom. The number of unbranched alkanes of at least 4 members (excludes halogenated alkanes) is 25. The van der Waals surface area contributed by atoms with Crippen LogP contribution >= 0.6 is 0 Å². The minimum atomic E-state index is -1.57. The van der Waals surface area contributed by atoms with Crippen LogP contribution in [-0.4, -0.2) is 87.5 Å². The third kappa shape index (κ3) is 29.3. The summed E-state index contributed by atoms with van der Waals surface area (Å²) >= 11 is 0. The van der Waals surface area contributed by atoms with Crippen molar-refractivity contribution in [1.82, 2.24) is 5.32 Å². The highest BCUT2D eigenvalue weighted by atomic mass is 16.7. The SMILES string of the molecule is CCCCCCCCCCC/C=C\CCCCCCCC(=O)NC(COC1OC(CO)C(O)C(O)C1O)C(O)/C=C/CC/C=C/CCCCCCCCCCCC. The van der Waals surface area contributed by atoms with E-state index in [1.54, 1.807) is 6.08 Å². The summed E-state index contributed by atoms with van der Waals surface area (Å²) in [5, 5.41) is 54.2. The second-order valence-electron chi connectivity index (χ2n) is 16.5. The van der Waals surface area contributed by atoms with Gasteiger partial charge in [0.1, 0.15) is 24.4 Å². The summed E-state index contributed by atoms with van der Waals surface area (Å²) in [5.74, 6) is -0.195. The zero-order chi connectivity index (χ0) is 41.6. The van der Waals surface area contributed by atoms with E-state index in [0.717, 1.165) is 57.8 Å². The number of ether oxygens (including phenoxy) is 2. The number of hydrogen-bond donors (Lipinski definition) is 6. The van der Waals surface area contributed by atoms with Crippen molar-refractivity contribution >= 4 is 5.91 Å². The van der Waals surface area contributed by atoms with Gasteiger partial charge >= 0.3 is 0 Å². The van der Waals surface area contributed by atoms with Gasteiger partial charge in [-0.2, -0.15) is 0 Å². The molecule has 334 valence electrons. The number of allylic oxidation sites excluding steroid dienone is 5. The Labute approximate surface area is 349 Å². The van der Waals surface area contributed by atoms with Crippen LogP contribution in [0.2, 0.25) is 0 Å². The minimum absolute atomic E-state index is 0.195. The molecular weight excluding hydrogens is 719 g/mol. The molecular formula is C48H89NO8. The van der Waals surface area contributed by atoms with Gasteiger partial charge in [0.2, 0.25) is 5.91 Å². The Bertz CT molecular complexity index is 987. The fourth-order valence-corrected chi connectivity index (χ4v) is 7.34. The average Bonchev–Trinajstić information content (AvgIpc) is 3.21. The minimum Gasteiger partial charge on any atom is -0.394 e. The second-order valence-corrected chi connectivity index (χ2v) is 16.5. The second kappa shape index (κ2) is 38.6. The van der Waals surface area contributed by atoms with Gasteiger partial charge in [-0.25, -0.2) is 0 Å². The van der Waals surface area contributed by atoms with Crippen molar-refractivity contribution in [3.05, 3.63) is 36.5 Å². The molecule has 1 amide bonds. The first kappa shape index (κ1) is 53.4. The summed E-state index contributed by atoms with van der Waals surface area (Å²) in [6.07, 6.45) is 40.4. The van der Waals surface area contributed by atoms with E-state index in [1.807, 2.05) is 6.08 Å². The van der Waals surface area contributed by atoms with Gasteiger partial charge in [-0.3, -0.25) is 4.79 Å². The standard InChI is InChI=1S/C48H89NO8/c1-3-5-7-9-11-13-15-17-19-21-22-24-26-28-30-32-34-36-38-44(52)49-41(40-56-48-47(55)46(54)45(53)43(39-50)57-48)42(51)37-35-33-31-29-27-25-23-20-18-16-14-12-10-8-6-4-2/h22,24,27,29,35,37,41-43,45-48,50-51,53-55H,3-21,23,25-26,28,30-34,36,38-40H2,1-2H3,(H,49,52)/b24-22-,29-27+,37-35+. The maximum atomic E-state index is 13.0. The van der Waals surface area contributed by atoms with Crippen molar-refractivity contribution in [2.75, 3.05) is 13.2 Å². The first-order valence-electron chi connectivity index (χ1n) is 23.7. The number of hydrogen-bond acceptors (Lipinski definition) is 8. The Balaban J connectivity index is 2.37. The number of carbonyl (C=O) groups excluding carboxylic acids is 1.